The van der Waals surface area contributed by atoms with Crippen LogP contribution in [0.5, 0.6) is 0 Å². The minimum Gasteiger partial charge on any atom is -0.385 e. The van der Waals surface area contributed by atoms with Crippen LogP contribution in [0.2, 0.25) is 0 Å². The van der Waals surface area contributed by atoms with Crippen LogP contribution in [-0.4, -0.2) is 99.0 Å². The Morgan fingerprint density at radius 2 is 0.835 bits per heavy atom. The maximum Gasteiger partial charge on any atom is 0.157 e. The Labute approximate surface area is 496 Å². The van der Waals surface area contributed by atoms with Crippen LogP contribution in [-0.2, 0) is 28.5 Å². The highest BCUT2D eigenvalue weighted by atomic mass is 16.7. The highest BCUT2D eigenvalue weighted by Gasteiger charge is 2.14. The molecule has 480 valence electrons. The van der Waals surface area contributed by atoms with Gasteiger partial charge in [-0.05, 0) is 90.1 Å². The van der Waals surface area contributed by atoms with Crippen molar-refractivity contribution in [1.29, 1.82) is 0 Å². The molecule has 1 rings (SSSR count). The lowest BCUT2D eigenvalue weighted by Crippen LogP contribution is -2.23. The number of aliphatic hydroxyl groups is 2. The number of unbranched alkanes of at least 4 members (excludes halogenated alkanes) is 29. The van der Waals surface area contributed by atoms with Crippen LogP contribution in [0.25, 0.3) is 0 Å². The quantitative estimate of drug-likeness (QED) is 0.0349. The van der Waals surface area contributed by atoms with Crippen LogP contribution in [0.4, 0.5) is 0 Å². The molecule has 1 fully saturated rings. The minimum absolute atomic E-state index is 0.0392. The molecule has 2 N–H and O–H groups in total. The molecule has 1 aliphatic heterocycles. The topological polar surface area (TPSA) is 115 Å². The zero-order chi connectivity index (χ0) is 59.8. The maximum absolute atomic E-state index is 11.2. The number of aldehydes is 1. The fourth-order valence-corrected chi connectivity index (χ4v) is 9.63. The van der Waals surface area contributed by atoms with Gasteiger partial charge in [0.25, 0.3) is 0 Å². The summed E-state index contributed by atoms with van der Waals surface area (Å²) >= 11 is 0. The van der Waals surface area contributed by atoms with Crippen molar-refractivity contribution in [2.45, 2.75) is 384 Å². The van der Waals surface area contributed by atoms with Gasteiger partial charge >= 0.3 is 0 Å². The smallest absolute Gasteiger partial charge is 0.157 e. The number of nitrogens with zero attached hydrogens (tertiary/aromatic N) is 1. The molecular formula is C70H147NO8. The molecular weight excluding hydrogens is 983 g/mol. The first-order chi connectivity index (χ1) is 38.6. The second-order valence-corrected chi connectivity index (χ2v) is 22.7. The summed E-state index contributed by atoms with van der Waals surface area (Å²) in [6, 6.07) is 0. The lowest BCUT2D eigenvalue weighted by Gasteiger charge is -2.21. The lowest BCUT2D eigenvalue weighted by atomic mass is 9.95. The number of carbonyl (C=O) groups is 2. The number of aliphatic hydroxyl groups excluding tert-OH is 1. The van der Waals surface area contributed by atoms with Crippen molar-refractivity contribution in [3.05, 3.63) is 0 Å². The van der Waals surface area contributed by atoms with Gasteiger partial charge in [-0.2, -0.15) is 0 Å². The fourth-order valence-electron chi connectivity index (χ4n) is 9.63. The van der Waals surface area contributed by atoms with Crippen molar-refractivity contribution in [1.82, 2.24) is 4.90 Å². The summed E-state index contributed by atoms with van der Waals surface area (Å²) in [4.78, 5) is 22.5. The normalized spacial score (nSPS) is 12.8. The van der Waals surface area contributed by atoms with E-state index in [9.17, 15) is 4.79 Å². The molecule has 1 saturated heterocycles. The van der Waals surface area contributed by atoms with E-state index in [0.29, 0.717) is 18.9 Å². The molecule has 1 heterocycles. The van der Waals surface area contributed by atoms with Crippen LogP contribution < -0.4 is 0 Å². The molecule has 1 aliphatic rings. The van der Waals surface area contributed by atoms with Crippen molar-refractivity contribution in [3.63, 3.8) is 0 Å². The van der Waals surface area contributed by atoms with Gasteiger partial charge in [0, 0.05) is 59.3 Å². The Morgan fingerprint density at radius 1 is 0.468 bits per heavy atom. The largest absolute Gasteiger partial charge is 0.385 e. The third-order valence-electron chi connectivity index (χ3n) is 14.7. The Morgan fingerprint density at radius 3 is 1.22 bits per heavy atom. The third kappa shape index (κ3) is 83.6. The van der Waals surface area contributed by atoms with E-state index in [4.69, 9.17) is 34.0 Å². The minimum atomic E-state index is -1.33. The van der Waals surface area contributed by atoms with Crippen molar-refractivity contribution >= 4 is 12.1 Å². The number of hydrogen-bond donors (Lipinski definition) is 2. The third-order valence-corrected chi connectivity index (χ3v) is 14.7. The molecule has 0 aromatic rings. The van der Waals surface area contributed by atoms with E-state index < -0.39 is 6.29 Å². The van der Waals surface area contributed by atoms with Gasteiger partial charge in [0.15, 0.2) is 12.6 Å². The zero-order valence-electron chi connectivity index (χ0n) is 55.9. The molecule has 9 heteroatoms. The van der Waals surface area contributed by atoms with Gasteiger partial charge in [-0.15, -0.1) is 0 Å². The van der Waals surface area contributed by atoms with E-state index in [1.165, 1.54) is 264 Å². The first-order valence-electron chi connectivity index (χ1n) is 34.9. The van der Waals surface area contributed by atoms with E-state index in [2.05, 4.69) is 60.3 Å². The van der Waals surface area contributed by atoms with Crippen LogP contribution >= 0.6 is 0 Å². The van der Waals surface area contributed by atoms with E-state index in [0.717, 1.165) is 70.7 Å². The van der Waals surface area contributed by atoms with Gasteiger partial charge in [-0.1, -0.05) is 275 Å². The van der Waals surface area contributed by atoms with E-state index in [1.807, 2.05) is 13.8 Å². The van der Waals surface area contributed by atoms with E-state index in [1.54, 1.807) is 7.11 Å². The predicted molar refractivity (Wildman–Crippen MR) is 347 cm³/mol. The summed E-state index contributed by atoms with van der Waals surface area (Å²) in [6.07, 6.45) is 56.6. The van der Waals surface area contributed by atoms with Gasteiger partial charge < -0.3 is 38.9 Å². The van der Waals surface area contributed by atoms with E-state index in [-0.39, 0.29) is 18.5 Å². The second-order valence-electron chi connectivity index (χ2n) is 22.7. The molecule has 0 amide bonds. The van der Waals surface area contributed by atoms with Crippen LogP contribution in [0.1, 0.15) is 365 Å². The van der Waals surface area contributed by atoms with Gasteiger partial charge in [-0.3, -0.25) is 4.79 Å². The van der Waals surface area contributed by atoms with Gasteiger partial charge in [0.2, 0.25) is 0 Å². The molecule has 0 aromatic heterocycles. The van der Waals surface area contributed by atoms with Crippen molar-refractivity contribution < 1.29 is 38.7 Å². The Hall–Kier alpha value is -0.940. The molecule has 2 atom stereocenters. The van der Waals surface area contributed by atoms with Crippen LogP contribution in [0, 0.1) is 5.92 Å². The number of rotatable bonds is 54. The number of hydrogen-bond acceptors (Lipinski definition) is 9. The summed E-state index contributed by atoms with van der Waals surface area (Å²) < 4.78 is 23.0. The molecule has 9 nitrogen and oxygen atoms in total. The average molecular weight is 1130 g/mol. The van der Waals surface area contributed by atoms with Gasteiger partial charge in [-0.25, -0.2) is 0 Å². The summed E-state index contributed by atoms with van der Waals surface area (Å²) in [5, 5.41) is 17.1. The first-order valence-corrected chi connectivity index (χ1v) is 34.9. The van der Waals surface area contributed by atoms with Crippen LogP contribution in [0.3, 0.4) is 0 Å². The summed E-state index contributed by atoms with van der Waals surface area (Å²) in [6.45, 7) is 31.0. The van der Waals surface area contributed by atoms with Crippen molar-refractivity contribution in [2.75, 3.05) is 53.2 Å². The average Bonchev–Trinajstić information content (AvgIpc) is 3.98. The molecule has 2 unspecified atom stereocenters. The lowest BCUT2D eigenvalue weighted by molar-refractivity contribution is -0.147. The van der Waals surface area contributed by atoms with Gasteiger partial charge in [0.05, 0.1) is 6.10 Å². The predicted octanol–water partition coefficient (Wildman–Crippen LogP) is 21.1. The number of methoxy groups -OCH3 is 1. The molecule has 0 bridgehead atoms. The fraction of sp³-hybridized carbons (Fsp3) is 0.971. The standard InChI is InChI=1S/C21H43NO2.C18H38O2.C16H34.C11H22O3.C2H4O.C2H6/c1-4-21(24-18-12-16-22-14-9-10-15-22)19-20(2)13-8-6-5-7-11-17-23-3;1-4-7-9-11-13-16-19-18(15-6-3)20-17-14-12-10-8-5-2;1-3-5-7-9-11-13-15-16-14-12-10-8-6-4-2;1-2-3-4-5-6-7-10(12)8-9-11(13)14;1-2-3;1-2/h20-21H,4-19H2,1-3H3;18H,4-17H2,1-3H3;3-16H2,1-2H3;11,13-14H,2-9H2,1H3;2H,1H3;1-2H3. The summed E-state index contributed by atoms with van der Waals surface area (Å²) in [5.74, 6) is 0.946. The number of likely N-dealkylation sites (tertiary alicyclic amines) is 1. The molecule has 0 spiro atoms. The number of ketones is 1. The maximum atomic E-state index is 11.2. The highest BCUT2D eigenvalue weighted by molar-refractivity contribution is 5.78. The second kappa shape index (κ2) is 81.3. The molecule has 0 aliphatic carbocycles. The summed E-state index contributed by atoms with van der Waals surface area (Å²) in [5.41, 5.74) is 0. The Bertz CT molecular complexity index is 1010. The number of Topliss-reactive ketones (excluding diaryl/α,β-unsaturated/α-hetero) is 1. The molecule has 0 saturated carbocycles. The Balaban J connectivity index is -0.000000305. The van der Waals surface area contributed by atoms with E-state index >= 15 is 0 Å². The number of carbonyl (C=O) groups excluding carboxylic acids is 2. The number of ether oxygens (including phenoxy) is 4. The zero-order valence-corrected chi connectivity index (χ0v) is 55.9. The summed E-state index contributed by atoms with van der Waals surface area (Å²) in [7, 11) is 1.79. The molecule has 79 heavy (non-hydrogen) atoms. The van der Waals surface area contributed by atoms with Crippen molar-refractivity contribution in [2.24, 2.45) is 5.92 Å². The van der Waals surface area contributed by atoms with Crippen molar-refractivity contribution in [3.8, 4) is 0 Å². The molecule has 0 aromatic carbocycles. The van der Waals surface area contributed by atoms with Crippen LogP contribution in [0.15, 0.2) is 0 Å². The molecule has 0 radical (unpaired) electrons. The van der Waals surface area contributed by atoms with Gasteiger partial charge in [0.1, 0.15) is 12.1 Å². The first kappa shape index (κ1) is 86.8. The highest BCUT2D eigenvalue weighted by Crippen LogP contribution is 2.20. The SMILES string of the molecule is CC.CC=O.CCC(CC(C)CCCCCCCOC)OCCCN1CCCC1.CCCCCCCC(=O)CCC(O)O.CCCCCCCCCCCCCCCC.CCCCCCCOC(CCC)OCCCCCCC. The Kier molecular flexibility index (Phi) is 89.3. The monoisotopic (exact) mass is 1130 g/mol.